The number of thiophene rings is 1. The Hall–Kier alpha value is -1.85. The lowest BCUT2D eigenvalue weighted by molar-refractivity contribution is -0.132. The van der Waals surface area contributed by atoms with Crippen molar-refractivity contribution in [3.8, 4) is 0 Å². The quantitative estimate of drug-likeness (QED) is 0.765. The summed E-state index contributed by atoms with van der Waals surface area (Å²) in [4.78, 5) is 27.8. The Morgan fingerprint density at radius 1 is 1.24 bits per heavy atom. The molecule has 3 rings (SSSR count). The molecule has 0 spiro atoms. The van der Waals surface area contributed by atoms with E-state index in [-0.39, 0.29) is 17.9 Å². The number of benzene rings is 1. The Labute approximate surface area is 156 Å². The number of likely N-dealkylation sites (tertiary alicyclic amines) is 1. The van der Waals surface area contributed by atoms with Gasteiger partial charge in [-0.3, -0.25) is 9.59 Å². The van der Waals surface area contributed by atoms with Crippen LogP contribution in [0.15, 0.2) is 41.8 Å². The van der Waals surface area contributed by atoms with E-state index < -0.39 is 0 Å². The summed E-state index contributed by atoms with van der Waals surface area (Å²) in [6, 6.07) is 11.1. The van der Waals surface area contributed by atoms with Crippen molar-refractivity contribution in [1.82, 2.24) is 10.2 Å². The number of rotatable bonds is 6. The van der Waals surface area contributed by atoms with E-state index in [1.165, 1.54) is 4.88 Å². The van der Waals surface area contributed by atoms with Gasteiger partial charge in [0.2, 0.25) is 5.91 Å². The lowest BCUT2D eigenvalue weighted by Crippen LogP contribution is -2.31. The third-order valence-corrected chi connectivity index (χ3v) is 5.63. The van der Waals surface area contributed by atoms with Gasteiger partial charge in [0, 0.05) is 35.0 Å². The van der Waals surface area contributed by atoms with Gasteiger partial charge in [0.05, 0.1) is 6.04 Å². The highest BCUT2D eigenvalue weighted by atomic mass is 35.5. The van der Waals surface area contributed by atoms with E-state index in [4.69, 9.17) is 11.6 Å². The van der Waals surface area contributed by atoms with Crippen LogP contribution < -0.4 is 5.32 Å². The number of nitrogens with one attached hydrogen (secondary N) is 1. The second kappa shape index (κ2) is 8.50. The summed E-state index contributed by atoms with van der Waals surface area (Å²) in [7, 11) is 0. The average molecular weight is 377 g/mol. The molecule has 1 N–H and O–H groups in total. The molecule has 1 aliphatic heterocycles. The maximum Gasteiger partial charge on any atom is 0.251 e. The highest BCUT2D eigenvalue weighted by Gasteiger charge is 2.29. The topological polar surface area (TPSA) is 49.4 Å². The molecule has 132 valence electrons. The maximum absolute atomic E-state index is 12.5. The van der Waals surface area contributed by atoms with E-state index in [2.05, 4.69) is 16.8 Å². The molecule has 0 bridgehead atoms. The van der Waals surface area contributed by atoms with Crippen molar-refractivity contribution in [3.63, 3.8) is 0 Å². The van der Waals surface area contributed by atoms with Gasteiger partial charge in [0.15, 0.2) is 0 Å². The van der Waals surface area contributed by atoms with Crippen molar-refractivity contribution in [2.24, 2.45) is 0 Å². The van der Waals surface area contributed by atoms with Gasteiger partial charge in [-0.15, -0.1) is 11.3 Å². The molecule has 2 aromatic rings. The van der Waals surface area contributed by atoms with Gasteiger partial charge in [-0.05, 0) is 55.0 Å². The van der Waals surface area contributed by atoms with Gasteiger partial charge in [-0.2, -0.15) is 0 Å². The van der Waals surface area contributed by atoms with Crippen molar-refractivity contribution >= 4 is 34.8 Å². The molecule has 1 atom stereocenters. The number of carbonyl (C=O) groups is 2. The van der Waals surface area contributed by atoms with Crippen LogP contribution in [0.25, 0.3) is 0 Å². The van der Waals surface area contributed by atoms with Crippen molar-refractivity contribution in [2.75, 3.05) is 13.1 Å². The molecule has 1 saturated heterocycles. The highest BCUT2D eigenvalue weighted by Crippen LogP contribution is 2.34. The first-order valence-corrected chi connectivity index (χ1v) is 9.77. The van der Waals surface area contributed by atoms with E-state index >= 15 is 0 Å². The summed E-state index contributed by atoms with van der Waals surface area (Å²) in [6.07, 6.45) is 3.20. The van der Waals surface area contributed by atoms with Crippen LogP contribution in [0.3, 0.4) is 0 Å². The normalized spacial score (nSPS) is 16.8. The summed E-state index contributed by atoms with van der Waals surface area (Å²) in [5, 5.41) is 5.52. The second-order valence-corrected chi connectivity index (χ2v) is 7.54. The molecule has 2 amide bonds. The van der Waals surface area contributed by atoms with Crippen LogP contribution in [0.4, 0.5) is 0 Å². The van der Waals surface area contributed by atoms with Gasteiger partial charge < -0.3 is 10.2 Å². The van der Waals surface area contributed by atoms with Crippen molar-refractivity contribution in [3.05, 3.63) is 57.2 Å². The van der Waals surface area contributed by atoms with E-state index in [9.17, 15) is 9.59 Å². The molecule has 1 aromatic carbocycles. The number of halogens is 1. The molecule has 1 unspecified atom stereocenters. The molecule has 1 aromatic heterocycles. The number of carbonyl (C=O) groups excluding carboxylic acids is 2. The number of hydrogen-bond donors (Lipinski definition) is 1. The predicted octanol–water partition coefficient (Wildman–Crippen LogP) is 4.28. The maximum atomic E-state index is 12.5. The molecular weight excluding hydrogens is 356 g/mol. The minimum absolute atomic E-state index is 0.137. The molecule has 0 radical (unpaired) electrons. The first-order valence-electron chi connectivity index (χ1n) is 8.52. The Kier molecular flexibility index (Phi) is 6.10. The first kappa shape index (κ1) is 18.0. The SMILES string of the molecule is O=C(NCCCC(=O)N1CCCC1c1cccs1)c1ccc(Cl)cc1. The number of hydrogen-bond acceptors (Lipinski definition) is 3. The van der Waals surface area contributed by atoms with Gasteiger partial charge >= 0.3 is 0 Å². The van der Waals surface area contributed by atoms with Crippen LogP contribution in [0, 0.1) is 0 Å². The minimum Gasteiger partial charge on any atom is -0.352 e. The van der Waals surface area contributed by atoms with Gasteiger partial charge in [0.25, 0.3) is 5.91 Å². The summed E-state index contributed by atoms with van der Waals surface area (Å²) in [6.45, 7) is 1.32. The molecule has 2 heterocycles. The van der Waals surface area contributed by atoms with Crippen LogP contribution >= 0.6 is 22.9 Å². The Morgan fingerprint density at radius 2 is 2.04 bits per heavy atom. The smallest absolute Gasteiger partial charge is 0.251 e. The van der Waals surface area contributed by atoms with Crippen LogP contribution in [0.5, 0.6) is 0 Å². The molecule has 4 nitrogen and oxygen atoms in total. The summed E-state index contributed by atoms with van der Waals surface area (Å²) < 4.78 is 0. The van der Waals surface area contributed by atoms with Crippen LogP contribution in [-0.2, 0) is 4.79 Å². The zero-order valence-corrected chi connectivity index (χ0v) is 15.5. The molecule has 1 aliphatic rings. The Balaban J connectivity index is 1.43. The van der Waals surface area contributed by atoms with Crippen LogP contribution in [0.2, 0.25) is 5.02 Å². The fraction of sp³-hybridized carbons (Fsp3) is 0.368. The van der Waals surface area contributed by atoms with Crippen molar-refractivity contribution in [1.29, 1.82) is 0 Å². The molecule has 25 heavy (non-hydrogen) atoms. The second-order valence-electron chi connectivity index (χ2n) is 6.13. The zero-order chi connectivity index (χ0) is 17.6. The summed E-state index contributed by atoms with van der Waals surface area (Å²) in [5.74, 6) is 0.0402. The van der Waals surface area contributed by atoms with Crippen LogP contribution in [0.1, 0.15) is 47.0 Å². The molecule has 1 fully saturated rings. The van der Waals surface area contributed by atoms with Gasteiger partial charge in [-0.25, -0.2) is 0 Å². The van der Waals surface area contributed by atoms with Gasteiger partial charge in [0.1, 0.15) is 0 Å². The van der Waals surface area contributed by atoms with Crippen LogP contribution in [-0.4, -0.2) is 29.8 Å². The standard InChI is InChI=1S/C19H21ClN2O2S/c20-15-9-7-14(8-10-15)19(24)21-11-1-6-18(23)22-12-2-4-16(22)17-5-3-13-25-17/h3,5,7-10,13,16H,1-2,4,6,11-12H2,(H,21,24). The third kappa shape index (κ3) is 4.61. The third-order valence-electron chi connectivity index (χ3n) is 4.40. The first-order chi connectivity index (χ1) is 12.1. The van der Waals surface area contributed by atoms with E-state index in [0.29, 0.717) is 30.0 Å². The van der Waals surface area contributed by atoms with E-state index in [0.717, 1.165) is 19.4 Å². The molecular formula is C19H21ClN2O2S. The van der Waals surface area contributed by atoms with Gasteiger partial charge in [-0.1, -0.05) is 17.7 Å². The minimum atomic E-state index is -0.137. The number of nitrogens with zero attached hydrogens (tertiary/aromatic N) is 1. The largest absolute Gasteiger partial charge is 0.352 e. The van der Waals surface area contributed by atoms with E-state index in [1.807, 2.05) is 11.0 Å². The Bertz CT molecular complexity index is 716. The zero-order valence-electron chi connectivity index (χ0n) is 13.9. The monoisotopic (exact) mass is 376 g/mol. The lowest BCUT2D eigenvalue weighted by Gasteiger charge is -2.24. The summed E-state index contributed by atoms with van der Waals surface area (Å²) in [5.41, 5.74) is 0.577. The fourth-order valence-corrected chi connectivity index (χ4v) is 4.13. The fourth-order valence-electron chi connectivity index (χ4n) is 3.13. The molecule has 0 aliphatic carbocycles. The number of amides is 2. The van der Waals surface area contributed by atoms with E-state index in [1.54, 1.807) is 35.6 Å². The van der Waals surface area contributed by atoms with Crippen molar-refractivity contribution < 1.29 is 9.59 Å². The summed E-state index contributed by atoms with van der Waals surface area (Å²) >= 11 is 7.53. The molecule has 0 saturated carbocycles. The Morgan fingerprint density at radius 3 is 2.76 bits per heavy atom. The average Bonchev–Trinajstić information content (AvgIpc) is 3.29. The molecule has 6 heteroatoms. The highest BCUT2D eigenvalue weighted by molar-refractivity contribution is 7.10. The lowest BCUT2D eigenvalue weighted by atomic mass is 10.1. The predicted molar refractivity (Wildman–Crippen MR) is 101 cm³/mol. The van der Waals surface area contributed by atoms with Crippen molar-refractivity contribution in [2.45, 2.75) is 31.7 Å².